The van der Waals surface area contributed by atoms with E-state index < -0.39 is 11.7 Å². The van der Waals surface area contributed by atoms with E-state index in [9.17, 15) is 13.2 Å². The van der Waals surface area contributed by atoms with Gasteiger partial charge in [-0.2, -0.15) is 18.4 Å². The highest BCUT2D eigenvalue weighted by atomic mass is 19.4. The summed E-state index contributed by atoms with van der Waals surface area (Å²) in [6.07, 6.45) is -4.50. The molecule has 0 bridgehead atoms. The standard InChI is InChI=1S/C15H10F3NO/c1-20-14-5-4-10-6-11(2-3-12(10)7-14)13(9-19)8-15(16,17)18/h2-8H,1H3/b13-8-. The van der Waals surface area contributed by atoms with Crippen molar-refractivity contribution in [3.8, 4) is 11.8 Å². The van der Waals surface area contributed by atoms with Gasteiger partial charge in [-0.05, 0) is 34.5 Å². The van der Waals surface area contributed by atoms with Crippen LogP contribution in [-0.4, -0.2) is 13.3 Å². The summed E-state index contributed by atoms with van der Waals surface area (Å²) in [4.78, 5) is 0. The van der Waals surface area contributed by atoms with E-state index >= 15 is 0 Å². The smallest absolute Gasteiger partial charge is 0.411 e. The van der Waals surface area contributed by atoms with Crippen molar-refractivity contribution in [2.24, 2.45) is 0 Å². The van der Waals surface area contributed by atoms with Gasteiger partial charge in [0.05, 0.1) is 18.8 Å². The van der Waals surface area contributed by atoms with Crippen molar-refractivity contribution in [2.75, 3.05) is 7.11 Å². The van der Waals surface area contributed by atoms with Crippen LogP contribution in [-0.2, 0) is 0 Å². The first-order valence-electron chi connectivity index (χ1n) is 5.71. The summed E-state index contributed by atoms with van der Waals surface area (Å²) in [6.45, 7) is 0. The first kappa shape index (κ1) is 13.9. The maximum absolute atomic E-state index is 12.3. The van der Waals surface area contributed by atoms with Crippen LogP contribution in [0.1, 0.15) is 5.56 Å². The number of allylic oxidation sites excluding steroid dienone is 2. The number of methoxy groups -OCH3 is 1. The van der Waals surface area contributed by atoms with Crippen LogP contribution in [0.3, 0.4) is 0 Å². The molecule has 0 spiro atoms. The van der Waals surface area contributed by atoms with E-state index in [1.54, 1.807) is 36.4 Å². The maximum Gasteiger partial charge on any atom is 0.411 e. The fourth-order valence-corrected chi connectivity index (χ4v) is 1.86. The molecule has 2 rings (SSSR count). The second kappa shape index (κ2) is 5.25. The van der Waals surface area contributed by atoms with Crippen LogP contribution in [0.2, 0.25) is 0 Å². The normalized spacial score (nSPS) is 12.2. The number of ether oxygens (including phenoxy) is 1. The lowest BCUT2D eigenvalue weighted by Crippen LogP contribution is -2.02. The van der Waals surface area contributed by atoms with Gasteiger partial charge in [-0.3, -0.25) is 0 Å². The molecule has 0 atom stereocenters. The van der Waals surface area contributed by atoms with E-state index in [1.807, 2.05) is 0 Å². The predicted octanol–water partition coefficient (Wildman–Crippen LogP) is 4.32. The van der Waals surface area contributed by atoms with Gasteiger partial charge >= 0.3 is 6.18 Å². The monoisotopic (exact) mass is 277 g/mol. The van der Waals surface area contributed by atoms with E-state index in [0.717, 1.165) is 10.8 Å². The molecule has 2 aromatic rings. The molecule has 0 radical (unpaired) electrons. The number of nitriles is 1. The molecule has 0 aliphatic carbocycles. The fourth-order valence-electron chi connectivity index (χ4n) is 1.86. The van der Waals surface area contributed by atoms with Crippen LogP contribution in [0.15, 0.2) is 42.5 Å². The molecule has 0 heterocycles. The van der Waals surface area contributed by atoms with Crippen molar-refractivity contribution >= 4 is 16.3 Å². The molecule has 5 heteroatoms. The van der Waals surface area contributed by atoms with Crippen LogP contribution in [0, 0.1) is 11.3 Å². The van der Waals surface area contributed by atoms with Gasteiger partial charge in [-0.15, -0.1) is 0 Å². The second-order valence-electron chi connectivity index (χ2n) is 4.14. The summed E-state index contributed by atoms with van der Waals surface area (Å²) in [6, 6.07) is 11.5. The molecule has 0 aliphatic rings. The average molecular weight is 277 g/mol. The molecule has 0 N–H and O–H groups in total. The van der Waals surface area contributed by atoms with E-state index in [4.69, 9.17) is 10.00 Å². The Morgan fingerprint density at radius 1 is 1.15 bits per heavy atom. The molecule has 20 heavy (non-hydrogen) atoms. The molecular formula is C15H10F3NO. The molecule has 0 amide bonds. The number of hydrogen-bond acceptors (Lipinski definition) is 2. The fraction of sp³-hybridized carbons (Fsp3) is 0.133. The van der Waals surface area contributed by atoms with Gasteiger partial charge in [0.2, 0.25) is 0 Å². The van der Waals surface area contributed by atoms with Crippen molar-refractivity contribution in [1.29, 1.82) is 5.26 Å². The van der Waals surface area contributed by atoms with Crippen molar-refractivity contribution < 1.29 is 17.9 Å². The van der Waals surface area contributed by atoms with Gasteiger partial charge in [0, 0.05) is 6.08 Å². The molecular weight excluding hydrogens is 267 g/mol. The zero-order valence-corrected chi connectivity index (χ0v) is 10.5. The van der Waals surface area contributed by atoms with Crippen molar-refractivity contribution in [3.05, 3.63) is 48.0 Å². The molecule has 0 saturated carbocycles. The minimum atomic E-state index is -4.51. The van der Waals surface area contributed by atoms with E-state index in [0.29, 0.717) is 5.75 Å². The lowest BCUT2D eigenvalue weighted by molar-refractivity contribution is -0.0792. The number of alkyl halides is 3. The average Bonchev–Trinajstić information content (AvgIpc) is 2.42. The molecule has 0 unspecified atom stereocenters. The van der Waals surface area contributed by atoms with E-state index in [-0.39, 0.29) is 11.6 Å². The third-order valence-electron chi connectivity index (χ3n) is 2.79. The van der Waals surface area contributed by atoms with Gasteiger partial charge < -0.3 is 4.74 Å². The summed E-state index contributed by atoms with van der Waals surface area (Å²) in [7, 11) is 1.54. The number of halogens is 3. The van der Waals surface area contributed by atoms with Gasteiger partial charge in [0.1, 0.15) is 5.75 Å². The lowest BCUT2D eigenvalue weighted by atomic mass is 10.0. The maximum atomic E-state index is 12.3. The highest BCUT2D eigenvalue weighted by molar-refractivity contribution is 5.89. The van der Waals surface area contributed by atoms with E-state index in [2.05, 4.69) is 0 Å². The number of hydrogen-bond donors (Lipinski definition) is 0. The highest BCUT2D eigenvalue weighted by Crippen LogP contribution is 2.27. The van der Waals surface area contributed by atoms with Crippen LogP contribution >= 0.6 is 0 Å². The lowest BCUT2D eigenvalue weighted by Gasteiger charge is -2.06. The summed E-state index contributed by atoms with van der Waals surface area (Å²) < 4.78 is 42.1. The molecule has 0 fully saturated rings. The van der Waals surface area contributed by atoms with Crippen LogP contribution in [0.5, 0.6) is 5.75 Å². The first-order chi connectivity index (χ1) is 9.43. The Kier molecular flexibility index (Phi) is 3.66. The molecule has 0 saturated heterocycles. The van der Waals surface area contributed by atoms with Gasteiger partial charge in [0.25, 0.3) is 0 Å². The molecule has 0 aliphatic heterocycles. The summed E-state index contributed by atoms with van der Waals surface area (Å²) in [5, 5.41) is 10.4. The van der Waals surface area contributed by atoms with Gasteiger partial charge in [-0.25, -0.2) is 0 Å². The second-order valence-corrected chi connectivity index (χ2v) is 4.14. The Hall–Kier alpha value is -2.48. The minimum absolute atomic E-state index is 0.0116. The predicted molar refractivity (Wildman–Crippen MR) is 70.1 cm³/mol. The van der Waals surface area contributed by atoms with E-state index in [1.165, 1.54) is 13.2 Å². The first-order valence-corrected chi connectivity index (χ1v) is 5.71. The summed E-state index contributed by atoms with van der Waals surface area (Å²) in [5.74, 6) is 0.664. The van der Waals surface area contributed by atoms with Crippen LogP contribution in [0.4, 0.5) is 13.2 Å². The molecule has 2 aromatic carbocycles. The Labute approximate surface area is 113 Å². The highest BCUT2D eigenvalue weighted by Gasteiger charge is 2.25. The SMILES string of the molecule is COc1ccc2cc(/C(C#N)=C\C(F)(F)F)ccc2c1. The number of rotatable bonds is 2. The van der Waals surface area contributed by atoms with Crippen LogP contribution in [0.25, 0.3) is 16.3 Å². The largest absolute Gasteiger partial charge is 0.497 e. The zero-order valence-electron chi connectivity index (χ0n) is 10.5. The van der Waals surface area contributed by atoms with Crippen molar-refractivity contribution in [1.82, 2.24) is 0 Å². The van der Waals surface area contributed by atoms with Crippen molar-refractivity contribution in [3.63, 3.8) is 0 Å². The Balaban J connectivity index is 2.52. The number of benzene rings is 2. The topological polar surface area (TPSA) is 33.0 Å². The molecule has 2 nitrogen and oxygen atoms in total. The molecule has 0 aromatic heterocycles. The Bertz CT molecular complexity index is 711. The minimum Gasteiger partial charge on any atom is -0.497 e. The quantitative estimate of drug-likeness (QED) is 0.766. The molecule has 102 valence electrons. The summed E-state index contributed by atoms with van der Waals surface area (Å²) in [5.41, 5.74) is -0.169. The Morgan fingerprint density at radius 2 is 1.80 bits per heavy atom. The Morgan fingerprint density at radius 3 is 2.40 bits per heavy atom. The number of fused-ring (bicyclic) bond motifs is 1. The van der Waals surface area contributed by atoms with Crippen LogP contribution < -0.4 is 4.74 Å². The third-order valence-corrected chi connectivity index (χ3v) is 2.79. The number of nitrogens with zero attached hydrogens (tertiary/aromatic N) is 1. The third kappa shape index (κ3) is 3.09. The van der Waals surface area contributed by atoms with Crippen molar-refractivity contribution in [2.45, 2.75) is 6.18 Å². The summed E-state index contributed by atoms with van der Waals surface area (Å²) >= 11 is 0. The van der Waals surface area contributed by atoms with Gasteiger partial charge in [0.15, 0.2) is 0 Å². The zero-order chi connectivity index (χ0) is 14.8. The van der Waals surface area contributed by atoms with Gasteiger partial charge in [-0.1, -0.05) is 18.2 Å².